The number of aliphatic hydroxyl groups excluding tert-OH is 1. The summed E-state index contributed by atoms with van der Waals surface area (Å²) in [6.07, 6.45) is 20.3. The molecular weight excluding hydrogens is 356 g/mol. The third-order valence-corrected chi connectivity index (χ3v) is 6.08. The summed E-state index contributed by atoms with van der Waals surface area (Å²) >= 11 is 1.97. The van der Waals surface area contributed by atoms with E-state index in [9.17, 15) is 5.11 Å². The van der Waals surface area contributed by atoms with Crippen molar-refractivity contribution >= 4 is 11.8 Å². The smallest absolute Gasteiger partial charge is 0.0781 e. The predicted molar refractivity (Wildman–Crippen MR) is 121 cm³/mol. The molecular formula is C23H48O3S. The van der Waals surface area contributed by atoms with Gasteiger partial charge in [0.15, 0.2) is 0 Å². The van der Waals surface area contributed by atoms with Gasteiger partial charge in [-0.15, -0.1) is 0 Å². The monoisotopic (exact) mass is 404 g/mol. The SMILES string of the molecule is CCCCCCCCCCCCCCCCSCCC(O)COCCOC. The summed E-state index contributed by atoms with van der Waals surface area (Å²) in [4.78, 5) is 0. The Hall–Kier alpha value is 0.230. The van der Waals surface area contributed by atoms with Gasteiger partial charge >= 0.3 is 0 Å². The molecule has 4 heteroatoms. The molecule has 0 aliphatic heterocycles. The zero-order valence-corrected chi connectivity index (χ0v) is 19.2. The number of hydrogen-bond donors (Lipinski definition) is 1. The maximum atomic E-state index is 9.79. The predicted octanol–water partition coefficient (Wildman–Crippen LogP) is 6.61. The van der Waals surface area contributed by atoms with Crippen molar-refractivity contribution in [1.29, 1.82) is 0 Å². The lowest BCUT2D eigenvalue weighted by molar-refractivity contribution is 0.0126. The molecule has 0 rings (SSSR count). The van der Waals surface area contributed by atoms with Crippen LogP contribution in [0.1, 0.15) is 103 Å². The number of hydrogen-bond acceptors (Lipinski definition) is 4. The van der Waals surface area contributed by atoms with Gasteiger partial charge in [0.05, 0.1) is 25.9 Å². The highest BCUT2D eigenvalue weighted by molar-refractivity contribution is 7.99. The first-order valence-corrected chi connectivity index (χ1v) is 12.8. The van der Waals surface area contributed by atoms with Crippen LogP contribution in [-0.2, 0) is 9.47 Å². The first-order valence-electron chi connectivity index (χ1n) is 11.6. The first kappa shape index (κ1) is 27.2. The first-order chi connectivity index (χ1) is 13.3. The van der Waals surface area contributed by atoms with Gasteiger partial charge in [0.25, 0.3) is 0 Å². The van der Waals surface area contributed by atoms with Crippen LogP contribution in [0.2, 0.25) is 0 Å². The van der Waals surface area contributed by atoms with Gasteiger partial charge in [-0.3, -0.25) is 0 Å². The highest BCUT2D eigenvalue weighted by Gasteiger charge is 2.04. The summed E-state index contributed by atoms with van der Waals surface area (Å²) < 4.78 is 10.2. The highest BCUT2D eigenvalue weighted by atomic mass is 32.2. The van der Waals surface area contributed by atoms with Gasteiger partial charge in [-0.1, -0.05) is 90.4 Å². The maximum absolute atomic E-state index is 9.79. The van der Waals surface area contributed by atoms with Gasteiger partial charge in [0.2, 0.25) is 0 Å². The van der Waals surface area contributed by atoms with Crippen LogP contribution in [0.4, 0.5) is 0 Å². The zero-order valence-electron chi connectivity index (χ0n) is 18.4. The normalized spacial score (nSPS) is 12.6. The fourth-order valence-electron chi connectivity index (χ4n) is 3.17. The van der Waals surface area contributed by atoms with Crippen LogP contribution >= 0.6 is 11.8 Å². The van der Waals surface area contributed by atoms with E-state index >= 15 is 0 Å². The molecule has 0 fully saturated rings. The standard InChI is InChI=1S/C23H48O3S/c1-3-4-5-6-7-8-9-10-11-12-13-14-15-16-20-27-21-17-23(24)22-26-19-18-25-2/h23-24H,3-22H2,1-2H3. The molecule has 0 aromatic heterocycles. The number of unbranched alkanes of at least 4 members (excludes halogenated alkanes) is 13. The van der Waals surface area contributed by atoms with Gasteiger partial charge in [0.1, 0.15) is 0 Å². The second-order valence-electron chi connectivity index (χ2n) is 7.72. The van der Waals surface area contributed by atoms with E-state index in [-0.39, 0.29) is 6.10 Å². The Labute approximate surface area is 174 Å². The molecule has 1 unspecified atom stereocenters. The van der Waals surface area contributed by atoms with E-state index in [0.717, 1.165) is 12.2 Å². The van der Waals surface area contributed by atoms with Gasteiger partial charge in [-0.25, -0.2) is 0 Å². The summed E-state index contributed by atoms with van der Waals surface area (Å²) in [7, 11) is 1.66. The third kappa shape index (κ3) is 24.2. The Balaban J connectivity index is 3.06. The molecule has 0 saturated heterocycles. The molecule has 0 radical (unpaired) electrons. The Morgan fingerprint density at radius 3 is 1.74 bits per heavy atom. The van der Waals surface area contributed by atoms with Crippen LogP contribution in [0.25, 0.3) is 0 Å². The molecule has 0 amide bonds. The number of thioether (sulfide) groups is 1. The summed E-state index contributed by atoms with van der Waals surface area (Å²) in [5, 5.41) is 9.79. The van der Waals surface area contributed by atoms with Gasteiger partial charge in [-0.05, 0) is 24.3 Å². The largest absolute Gasteiger partial charge is 0.391 e. The van der Waals surface area contributed by atoms with E-state index in [1.807, 2.05) is 11.8 Å². The molecule has 0 aliphatic carbocycles. The molecule has 164 valence electrons. The van der Waals surface area contributed by atoms with Crippen LogP contribution in [-0.4, -0.2) is 49.6 Å². The molecule has 0 aromatic carbocycles. The van der Waals surface area contributed by atoms with E-state index in [4.69, 9.17) is 9.47 Å². The molecule has 0 aromatic rings. The minimum Gasteiger partial charge on any atom is -0.391 e. The summed E-state index contributed by atoms with van der Waals surface area (Å²) in [5.41, 5.74) is 0. The summed E-state index contributed by atoms with van der Waals surface area (Å²) in [6, 6.07) is 0. The lowest BCUT2D eigenvalue weighted by atomic mass is 10.0. The zero-order chi connectivity index (χ0) is 19.8. The van der Waals surface area contributed by atoms with Crippen LogP contribution < -0.4 is 0 Å². The van der Waals surface area contributed by atoms with E-state index < -0.39 is 0 Å². The average Bonchev–Trinajstić information content (AvgIpc) is 2.67. The van der Waals surface area contributed by atoms with Crippen molar-refractivity contribution in [2.75, 3.05) is 38.4 Å². The van der Waals surface area contributed by atoms with Crippen molar-refractivity contribution in [3.8, 4) is 0 Å². The van der Waals surface area contributed by atoms with Crippen molar-refractivity contribution in [1.82, 2.24) is 0 Å². The molecule has 0 aliphatic rings. The maximum Gasteiger partial charge on any atom is 0.0781 e. The highest BCUT2D eigenvalue weighted by Crippen LogP contribution is 2.14. The fraction of sp³-hybridized carbons (Fsp3) is 1.00. The minimum atomic E-state index is -0.328. The van der Waals surface area contributed by atoms with Crippen molar-refractivity contribution in [3.63, 3.8) is 0 Å². The minimum absolute atomic E-state index is 0.328. The molecule has 0 bridgehead atoms. The number of methoxy groups -OCH3 is 1. The van der Waals surface area contributed by atoms with Crippen LogP contribution in [0.3, 0.4) is 0 Å². The van der Waals surface area contributed by atoms with Crippen LogP contribution in [0, 0.1) is 0 Å². The van der Waals surface area contributed by atoms with Gasteiger partial charge < -0.3 is 14.6 Å². The fourth-order valence-corrected chi connectivity index (χ4v) is 4.22. The lowest BCUT2D eigenvalue weighted by Crippen LogP contribution is -2.17. The topological polar surface area (TPSA) is 38.7 Å². The second kappa shape index (κ2) is 24.3. The van der Waals surface area contributed by atoms with Crippen molar-refractivity contribution in [2.45, 2.75) is 109 Å². The van der Waals surface area contributed by atoms with Crippen LogP contribution in [0.15, 0.2) is 0 Å². The Bertz CT molecular complexity index is 264. The number of aliphatic hydroxyl groups is 1. The summed E-state index contributed by atoms with van der Waals surface area (Å²) in [5.74, 6) is 2.27. The molecule has 27 heavy (non-hydrogen) atoms. The molecule has 0 spiro atoms. The lowest BCUT2D eigenvalue weighted by Gasteiger charge is -2.10. The second-order valence-corrected chi connectivity index (χ2v) is 8.94. The van der Waals surface area contributed by atoms with Crippen LogP contribution in [0.5, 0.6) is 0 Å². The molecule has 0 saturated carbocycles. The number of ether oxygens (including phenoxy) is 2. The Kier molecular flexibility index (Phi) is 24.5. The van der Waals surface area contributed by atoms with Crippen molar-refractivity contribution in [3.05, 3.63) is 0 Å². The van der Waals surface area contributed by atoms with E-state index in [2.05, 4.69) is 6.92 Å². The van der Waals surface area contributed by atoms with Crippen molar-refractivity contribution in [2.24, 2.45) is 0 Å². The third-order valence-electron chi connectivity index (χ3n) is 4.98. The molecule has 1 N–H and O–H groups in total. The molecule has 3 nitrogen and oxygen atoms in total. The molecule has 0 heterocycles. The van der Waals surface area contributed by atoms with Gasteiger partial charge in [-0.2, -0.15) is 11.8 Å². The van der Waals surface area contributed by atoms with E-state index in [1.54, 1.807) is 7.11 Å². The molecule has 1 atom stereocenters. The number of rotatable bonds is 23. The summed E-state index contributed by atoms with van der Waals surface area (Å²) in [6.45, 7) is 3.89. The Morgan fingerprint density at radius 1 is 0.704 bits per heavy atom. The quantitative estimate of drug-likeness (QED) is 0.194. The van der Waals surface area contributed by atoms with E-state index in [1.165, 1.54) is 95.6 Å². The Morgan fingerprint density at radius 2 is 1.22 bits per heavy atom. The average molecular weight is 405 g/mol. The van der Waals surface area contributed by atoms with Gasteiger partial charge in [0, 0.05) is 7.11 Å². The van der Waals surface area contributed by atoms with E-state index in [0.29, 0.717) is 19.8 Å². The van der Waals surface area contributed by atoms with Crippen molar-refractivity contribution < 1.29 is 14.6 Å².